The number of carbonyl (C=O) groups is 1. The Morgan fingerprint density at radius 2 is 2.47 bits per heavy atom. The third-order valence-electron chi connectivity index (χ3n) is 2.85. The summed E-state index contributed by atoms with van der Waals surface area (Å²) < 4.78 is 1.44. The van der Waals surface area contributed by atoms with Gasteiger partial charge >= 0.3 is 5.69 Å². The molecule has 1 aromatic rings. The lowest BCUT2D eigenvalue weighted by Gasteiger charge is -2.10. The van der Waals surface area contributed by atoms with Crippen molar-refractivity contribution in [1.29, 1.82) is 0 Å². The van der Waals surface area contributed by atoms with Gasteiger partial charge in [-0.15, -0.1) is 12.4 Å². The molecule has 1 unspecified atom stereocenters. The summed E-state index contributed by atoms with van der Waals surface area (Å²) in [5, 5.41) is 20.2. The second-order valence-corrected chi connectivity index (χ2v) is 4.16. The fourth-order valence-corrected chi connectivity index (χ4v) is 1.89. The molecule has 1 aromatic heterocycles. The van der Waals surface area contributed by atoms with E-state index in [4.69, 9.17) is 0 Å². The van der Waals surface area contributed by atoms with Gasteiger partial charge in [-0.2, -0.15) is 5.10 Å². The fourth-order valence-electron chi connectivity index (χ4n) is 1.89. The topological polar surface area (TPSA) is 102 Å². The molecule has 19 heavy (non-hydrogen) atoms. The predicted octanol–water partition coefficient (Wildman–Crippen LogP) is 0.0813. The minimum atomic E-state index is -0.496. The summed E-state index contributed by atoms with van der Waals surface area (Å²) in [5.74, 6) is -0.0193. The quantitative estimate of drug-likeness (QED) is 0.590. The van der Waals surface area contributed by atoms with Crippen molar-refractivity contribution in [2.24, 2.45) is 0 Å². The Morgan fingerprint density at radius 3 is 3.05 bits per heavy atom. The molecule has 1 fully saturated rings. The number of halogens is 1. The maximum absolute atomic E-state index is 11.6. The lowest BCUT2D eigenvalue weighted by Crippen LogP contribution is -2.41. The molecule has 0 saturated carbocycles. The summed E-state index contributed by atoms with van der Waals surface area (Å²) in [5.41, 5.74) is -0.0428. The van der Waals surface area contributed by atoms with E-state index in [9.17, 15) is 14.9 Å². The average Bonchev–Trinajstić information content (AvgIpc) is 3.00. The first kappa shape index (κ1) is 15.4. The predicted molar refractivity (Wildman–Crippen MR) is 70.2 cm³/mol. The number of aromatic nitrogens is 2. The van der Waals surface area contributed by atoms with E-state index in [1.54, 1.807) is 0 Å². The maximum Gasteiger partial charge on any atom is 0.306 e. The van der Waals surface area contributed by atoms with Gasteiger partial charge in [-0.25, -0.2) is 0 Å². The lowest BCUT2D eigenvalue weighted by molar-refractivity contribution is -0.385. The Hall–Kier alpha value is -1.67. The van der Waals surface area contributed by atoms with Crippen molar-refractivity contribution in [2.75, 3.05) is 13.1 Å². The molecule has 1 aliphatic rings. The van der Waals surface area contributed by atoms with Crippen LogP contribution in [0.2, 0.25) is 0 Å². The van der Waals surface area contributed by atoms with Crippen molar-refractivity contribution >= 4 is 24.0 Å². The monoisotopic (exact) mass is 289 g/mol. The first-order chi connectivity index (χ1) is 8.66. The summed E-state index contributed by atoms with van der Waals surface area (Å²) in [4.78, 5) is 21.6. The zero-order chi connectivity index (χ0) is 13.0. The number of hydrogen-bond acceptors (Lipinski definition) is 5. The highest BCUT2D eigenvalue weighted by molar-refractivity contribution is 5.85. The van der Waals surface area contributed by atoms with Crippen LogP contribution in [0.1, 0.15) is 12.8 Å². The van der Waals surface area contributed by atoms with Gasteiger partial charge in [-0.1, -0.05) is 0 Å². The normalized spacial score (nSPS) is 17.8. The summed E-state index contributed by atoms with van der Waals surface area (Å²) in [6.07, 6.45) is 4.42. The van der Waals surface area contributed by atoms with E-state index < -0.39 is 4.92 Å². The van der Waals surface area contributed by atoms with Gasteiger partial charge in [0.2, 0.25) is 5.91 Å². The van der Waals surface area contributed by atoms with Gasteiger partial charge in [0.25, 0.3) is 0 Å². The highest BCUT2D eigenvalue weighted by atomic mass is 35.5. The minimum absolute atomic E-state index is 0. The van der Waals surface area contributed by atoms with Gasteiger partial charge in [0.05, 0.1) is 17.5 Å². The molecule has 1 atom stereocenters. The molecular formula is C10H16ClN5O3. The van der Waals surface area contributed by atoms with E-state index in [1.807, 2.05) is 0 Å². The van der Waals surface area contributed by atoms with Crippen molar-refractivity contribution in [3.05, 3.63) is 22.5 Å². The van der Waals surface area contributed by atoms with Crippen LogP contribution in [-0.4, -0.2) is 39.7 Å². The van der Waals surface area contributed by atoms with Crippen LogP contribution in [0.15, 0.2) is 12.4 Å². The van der Waals surface area contributed by atoms with Crippen molar-refractivity contribution in [3.8, 4) is 0 Å². The van der Waals surface area contributed by atoms with Gasteiger partial charge in [-0.3, -0.25) is 19.6 Å². The van der Waals surface area contributed by atoms with Crippen LogP contribution in [0.3, 0.4) is 0 Å². The van der Waals surface area contributed by atoms with Crippen molar-refractivity contribution in [3.63, 3.8) is 0 Å². The summed E-state index contributed by atoms with van der Waals surface area (Å²) in [7, 11) is 0. The maximum atomic E-state index is 11.6. The second-order valence-electron chi connectivity index (χ2n) is 4.16. The smallest absolute Gasteiger partial charge is 0.306 e. The van der Waals surface area contributed by atoms with Crippen molar-refractivity contribution < 1.29 is 9.72 Å². The van der Waals surface area contributed by atoms with E-state index in [1.165, 1.54) is 17.1 Å². The Morgan fingerprint density at radius 1 is 1.68 bits per heavy atom. The number of carbonyl (C=O) groups excluding carboxylic acids is 1. The molecule has 1 aliphatic heterocycles. The molecule has 2 rings (SSSR count). The van der Waals surface area contributed by atoms with E-state index in [0.29, 0.717) is 13.1 Å². The molecule has 2 N–H and O–H groups in total. The van der Waals surface area contributed by atoms with E-state index in [0.717, 1.165) is 19.4 Å². The number of amides is 1. The average molecular weight is 290 g/mol. The number of nitro groups is 1. The molecule has 0 aliphatic carbocycles. The number of nitrogens with one attached hydrogen (secondary N) is 2. The summed E-state index contributed by atoms with van der Waals surface area (Å²) >= 11 is 0. The van der Waals surface area contributed by atoms with Crippen LogP contribution in [0, 0.1) is 10.1 Å². The molecule has 2 heterocycles. The van der Waals surface area contributed by atoms with E-state index in [2.05, 4.69) is 15.7 Å². The van der Waals surface area contributed by atoms with Gasteiger partial charge in [0, 0.05) is 6.54 Å². The first-order valence-electron chi connectivity index (χ1n) is 5.85. The molecule has 0 radical (unpaired) electrons. The van der Waals surface area contributed by atoms with Crippen LogP contribution < -0.4 is 10.6 Å². The Labute approximate surface area is 116 Å². The van der Waals surface area contributed by atoms with Gasteiger partial charge in [0.1, 0.15) is 12.4 Å². The number of hydrogen-bond donors (Lipinski definition) is 2. The zero-order valence-electron chi connectivity index (χ0n) is 10.2. The Bertz CT molecular complexity index is 444. The highest BCUT2D eigenvalue weighted by Gasteiger charge is 2.21. The molecule has 0 aromatic carbocycles. The summed E-state index contributed by atoms with van der Waals surface area (Å²) in [6.45, 7) is 1.71. The SMILES string of the molecule is Cl.O=C(NCCn1cc([N+](=O)[O-])cn1)C1CCCN1. The largest absolute Gasteiger partial charge is 0.353 e. The van der Waals surface area contributed by atoms with Gasteiger partial charge in [0.15, 0.2) is 0 Å². The third kappa shape index (κ3) is 4.18. The molecule has 9 heteroatoms. The minimum Gasteiger partial charge on any atom is -0.353 e. The Kier molecular flexibility index (Phi) is 5.71. The number of rotatable bonds is 5. The van der Waals surface area contributed by atoms with Crippen molar-refractivity contribution in [2.45, 2.75) is 25.4 Å². The molecule has 8 nitrogen and oxygen atoms in total. The third-order valence-corrected chi connectivity index (χ3v) is 2.85. The first-order valence-corrected chi connectivity index (χ1v) is 5.85. The highest BCUT2D eigenvalue weighted by Crippen LogP contribution is 2.07. The second kappa shape index (κ2) is 7.05. The number of nitrogens with zero attached hydrogens (tertiary/aromatic N) is 3. The zero-order valence-corrected chi connectivity index (χ0v) is 11.1. The summed E-state index contributed by atoms with van der Waals surface area (Å²) in [6, 6.07) is -0.100. The van der Waals surface area contributed by atoms with Crippen LogP contribution in [0.5, 0.6) is 0 Å². The van der Waals surface area contributed by atoms with Crippen LogP contribution in [-0.2, 0) is 11.3 Å². The molecule has 0 spiro atoms. The molecule has 1 saturated heterocycles. The fraction of sp³-hybridized carbons (Fsp3) is 0.600. The molecule has 0 bridgehead atoms. The lowest BCUT2D eigenvalue weighted by atomic mass is 10.2. The van der Waals surface area contributed by atoms with Crippen LogP contribution in [0.25, 0.3) is 0 Å². The van der Waals surface area contributed by atoms with Crippen LogP contribution >= 0.6 is 12.4 Å². The standard InChI is InChI=1S/C10H15N5O3.ClH/c16-10(9-2-1-3-11-9)12-4-5-14-7-8(6-13-14)15(17)18;/h6-7,9,11H,1-5H2,(H,12,16);1H. The van der Waals surface area contributed by atoms with Crippen LogP contribution in [0.4, 0.5) is 5.69 Å². The Balaban J connectivity index is 0.00000180. The van der Waals surface area contributed by atoms with E-state index in [-0.39, 0.29) is 30.0 Å². The molecule has 106 valence electrons. The van der Waals surface area contributed by atoms with Crippen molar-refractivity contribution in [1.82, 2.24) is 20.4 Å². The molecular weight excluding hydrogens is 274 g/mol. The van der Waals surface area contributed by atoms with Gasteiger partial charge in [-0.05, 0) is 19.4 Å². The van der Waals surface area contributed by atoms with Gasteiger partial charge < -0.3 is 10.6 Å². The molecule has 1 amide bonds. The van der Waals surface area contributed by atoms with E-state index >= 15 is 0 Å².